The van der Waals surface area contributed by atoms with E-state index < -0.39 is 0 Å². The van der Waals surface area contributed by atoms with Crippen molar-refractivity contribution in [3.8, 4) is 5.88 Å². The molecular formula is C21H25N3O2S. The van der Waals surface area contributed by atoms with E-state index in [-0.39, 0.29) is 0 Å². The van der Waals surface area contributed by atoms with Crippen molar-refractivity contribution in [2.24, 2.45) is 0 Å². The van der Waals surface area contributed by atoms with Gasteiger partial charge < -0.3 is 9.15 Å². The molecule has 5 rings (SSSR count). The molecule has 0 aliphatic heterocycles. The average molecular weight is 384 g/mol. The van der Waals surface area contributed by atoms with Crippen molar-refractivity contribution in [2.45, 2.75) is 76.2 Å². The molecule has 2 atom stereocenters. The fraction of sp³-hybridized carbons (Fsp3) is 0.571. The summed E-state index contributed by atoms with van der Waals surface area (Å²) in [7, 11) is 0. The van der Waals surface area contributed by atoms with Gasteiger partial charge in [-0.2, -0.15) is 0 Å². The zero-order valence-corrected chi connectivity index (χ0v) is 16.5. The van der Waals surface area contributed by atoms with Crippen molar-refractivity contribution in [1.82, 2.24) is 15.0 Å². The third kappa shape index (κ3) is 3.24. The van der Waals surface area contributed by atoms with Gasteiger partial charge >= 0.3 is 0 Å². The van der Waals surface area contributed by atoms with E-state index in [1.165, 1.54) is 41.5 Å². The van der Waals surface area contributed by atoms with Gasteiger partial charge in [0.05, 0.1) is 11.6 Å². The van der Waals surface area contributed by atoms with Crippen LogP contribution in [0.2, 0.25) is 0 Å². The first kappa shape index (κ1) is 17.2. The van der Waals surface area contributed by atoms with Gasteiger partial charge in [-0.1, -0.05) is 13.3 Å². The van der Waals surface area contributed by atoms with Crippen molar-refractivity contribution in [1.29, 1.82) is 0 Å². The summed E-state index contributed by atoms with van der Waals surface area (Å²) >= 11 is 1.82. The van der Waals surface area contributed by atoms with Crippen LogP contribution in [0.4, 0.5) is 0 Å². The highest BCUT2D eigenvalue weighted by Crippen LogP contribution is 2.49. The Labute approximate surface area is 163 Å². The molecule has 3 heterocycles. The highest BCUT2D eigenvalue weighted by atomic mass is 32.1. The van der Waals surface area contributed by atoms with E-state index in [1.807, 2.05) is 11.3 Å². The lowest BCUT2D eigenvalue weighted by Crippen LogP contribution is -2.20. The van der Waals surface area contributed by atoms with Crippen molar-refractivity contribution in [2.75, 3.05) is 0 Å². The fourth-order valence-corrected chi connectivity index (χ4v) is 5.94. The van der Waals surface area contributed by atoms with E-state index in [0.29, 0.717) is 17.9 Å². The maximum Gasteiger partial charge on any atom is 0.225 e. The lowest BCUT2D eigenvalue weighted by Gasteiger charge is -2.23. The number of aromatic nitrogens is 3. The zero-order valence-electron chi connectivity index (χ0n) is 15.7. The highest BCUT2D eigenvalue weighted by molar-refractivity contribution is 7.19. The Morgan fingerprint density at radius 2 is 2.07 bits per heavy atom. The van der Waals surface area contributed by atoms with Crippen molar-refractivity contribution < 1.29 is 9.15 Å². The number of aryl methyl sites for hydroxylation is 1. The molecule has 0 aromatic carbocycles. The van der Waals surface area contributed by atoms with Gasteiger partial charge in [0, 0.05) is 10.8 Å². The Hall–Kier alpha value is -1.95. The second-order valence-electron chi connectivity index (χ2n) is 7.92. The van der Waals surface area contributed by atoms with Gasteiger partial charge in [-0.25, -0.2) is 15.0 Å². The molecule has 3 aromatic rings. The van der Waals surface area contributed by atoms with Gasteiger partial charge in [0.15, 0.2) is 5.89 Å². The Bertz CT molecular complexity index is 915. The van der Waals surface area contributed by atoms with Crippen LogP contribution in [0.1, 0.15) is 80.0 Å². The van der Waals surface area contributed by atoms with Crippen LogP contribution in [0.5, 0.6) is 5.88 Å². The van der Waals surface area contributed by atoms with Crippen LogP contribution in [0.25, 0.3) is 10.2 Å². The van der Waals surface area contributed by atoms with Gasteiger partial charge in [0.2, 0.25) is 5.88 Å². The number of fused-ring (bicyclic) bond motifs is 3. The molecule has 2 aliphatic rings. The summed E-state index contributed by atoms with van der Waals surface area (Å²) in [5, 5.41) is 1.17. The van der Waals surface area contributed by atoms with E-state index in [2.05, 4.69) is 21.9 Å². The first-order valence-corrected chi connectivity index (χ1v) is 10.9. The maximum absolute atomic E-state index is 6.40. The molecule has 5 nitrogen and oxygen atoms in total. The molecule has 27 heavy (non-hydrogen) atoms. The first-order chi connectivity index (χ1) is 13.3. The second kappa shape index (κ2) is 7.23. The van der Waals surface area contributed by atoms with Crippen LogP contribution in [-0.4, -0.2) is 21.1 Å². The standard InChI is InChI=1S/C21H25N3O2S/c1-13(19-22-9-10-25-19)11-14-7-8-16-17(14)18-20(23-12-24-21(18)27-16)26-15-5-3-2-4-6-15/h9-10,12-15H,2-8,11H2,1H3. The van der Waals surface area contributed by atoms with Crippen molar-refractivity contribution in [3.05, 3.63) is 35.1 Å². The molecule has 0 saturated heterocycles. The third-order valence-electron chi connectivity index (χ3n) is 6.04. The topological polar surface area (TPSA) is 61.0 Å². The van der Waals surface area contributed by atoms with E-state index in [1.54, 1.807) is 18.8 Å². The van der Waals surface area contributed by atoms with E-state index in [9.17, 15) is 0 Å². The highest BCUT2D eigenvalue weighted by Gasteiger charge is 2.32. The molecule has 0 radical (unpaired) electrons. The summed E-state index contributed by atoms with van der Waals surface area (Å²) < 4.78 is 11.9. The van der Waals surface area contributed by atoms with Crippen LogP contribution >= 0.6 is 11.3 Å². The number of thiophene rings is 1. The fourth-order valence-electron chi connectivity index (χ4n) is 4.71. The molecule has 6 heteroatoms. The number of nitrogens with zero attached hydrogens (tertiary/aromatic N) is 3. The van der Waals surface area contributed by atoms with Gasteiger partial charge in [-0.05, 0) is 56.4 Å². The molecule has 3 aromatic heterocycles. The number of rotatable bonds is 5. The molecule has 1 saturated carbocycles. The summed E-state index contributed by atoms with van der Waals surface area (Å²) in [4.78, 5) is 16.0. The minimum atomic E-state index is 0.304. The Morgan fingerprint density at radius 3 is 2.89 bits per heavy atom. The average Bonchev–Trinajstić information content (AvgIpc) is 3.40. The van der Waals surface area contributed by atoms with E-state index >= 15 is 0 Å². The summed E-state index contributed by atoms with van der Waals surface area (Å²) in [6.45, 7) is 2.20. The van der Waals surface area contributed by atoms with Crippen molar-refractivity contribution in [3.63, 3.8) is 0 Å². The van der Waals surface area contributed by atoms with Crippen molar-refractivity contribution >= 4 is 21.6 Å². The predicted molar refractivity (Wildman–Crippen MR) is 106 cm³/mol. The SMILES string of the molecule is CC(CC1CCc2sc3ncnc(OC4CCCCC4)c3c21)c1ncco1. The molecule has 2 unspecified atom stereocenters. The van der Waals surface area contributed by atoms with Gasteiger partial charge in [-0.15, -0.1) is 11.3 Å². The van der Waals surface area contributed by atoms with Crippen LogP contribution in [0, 0.1) is 0 Å². The predicted octanol–water partition coefficient (Wildman–Crippen LogP) is 5.61. The van der Waals surface area contributed by atoms with Gasteiger partial charge in [0.1, 0.15) is 23.5 Å². The Morgan fingerprint density at radius 1 is 1.19 bits per heavy atom. The molecule has 0 spiro atoms. The zero-order chi connectivity index (χ0) is 18.2. The summed E-state index contributed by atoms with van der Waals surface area (Å²) in [6.07, 6.45) is 14.8. The van der Waals surface area contributed by atoms with E-state index in [4.69, 9.17) is 9.15 Å². The third-order valence-corrected chi connectivity index (χ3v) is 7.21. The second-order valence-corrected chi connectivity index (χ2v) is 9.00. The summed E-state index contributed by atoms with van der Waals surface area (Å²) in [6, 6.07) is 0. The minimum Gasteiger partial charge on any atom is -0.474 e. The summed E-state index contributed by atoms with van der Waals surface area (Å²) in [5.41, 5.74) is 1.43. The monoisotopic (exact) mass is 383 g/mol. The minimum absolute atomic E-state index is 0.304. The van der Waals surface area contributed by atoms with Crippen LogP contribution in [0.3, 0.4) is 0 Å². The molecule has 142 valence electrons. The quantitative estimate of drug-likeness (QED) is 0.573. The molecule has 1 fully saturated rings. The number of ether oxygens (including phenoxy) is 1. The molecule has 0 N–H and O–H groups in total. The molecule has 0 bridgehead atoms. The summed E-state index contributed by atoms with van der Waals surface area (Å²) in [5.74, 6) is 2.44. The van der Waals surface area contributed by atoms with Crippen LogP contribution < -0.4 is 4.74 Å². The Balaban J connectivity index is 1.46. The normalized spacial score (nSPS) is 21.4. The lowest BCUT2D eigenvalue weighted by atomic mass is 9.90. The van der Waals surface area contributed by atoms with E-state index in [0.717, 1.165) is 42.3 Å². The first-order valence-electron chi connectivity index (χ1n) is 10.1. The molecular weight excluding hydrogens is 358 g/mol. The maximum atomic E-state index is 6.40. The van der Waals surface area contributed by atoms with Gasteiger partial charge in [-0.3, -0.25) is 0 Å². The van der Waals surface area contributed by atoms with Gasteiger partial charge in [0.25, 0.3) is 0 Å². The Kier molecular flexibility index (Phi) is 4.60. The van der Waals surface area contributed by atoms with Crippen LogP contribution in [0.15, 0.2) is 23.2 Å². The largest absolute Gasteiger partial charge is 0.474 e. The smallest absolute Gasteiger partial charge is 0.225 e. The number of hydrogen-bond acceptors (Lipinski definition) is 6. The molecule has 0 amide bonds. The molecule has 2 aliphatic carbocycles. The lowest BCUT2D eigenvalue weighted by molar-refractivity contribution is 0.150. The van der Waals surface area contributed by atoms with Crippen LogP contribution in [-0.2, 0) is 6.42 Å². The number of hydrogen-bond donors (Lipinski definition) is 0. The number of oxazole rings is 1.